The van der Waals surface area contributed by atoms with Crippen molar-refractivity contribution in [3.63, 3.8) is 0 Å². The van der Waals surface area contributed by atoms with Crippen molar-refractivity contribution in [3.8, 4) is 0 Å². The normalized spacial score (nSPS) is 10.8. The fourth-order valence-corrected chi connectivity index (χ4v) is 1.35. The van der Waals surface area contributed by atoms with Crippen LogP contribution in [0.3, 0.4) is 0 Å². The van der Waals surface area contributed by atoms with Gasteiger partial charge in [-0.15, -0.1) is 0 Å². The summed E-state index contributed by atoms with van der Waals surface area (Å²) in [6.45, 7) is 0. The fraction of sp³-hybridized carbons (Fsp3) is 0. The Morgan fingerprint density at radius 3 is 1.80 bits per heavy atom. The quantitative estimate of drug-likeness (QED) is 0.503. The number of hydrogen-bond acceptors (Lipinski definition) is 5. The van der Waals surface area contributed by atoms with Crippen molar-refractivity contribution in [1.29, 1.82) is 0 Å². The summed E-state index contributed by atoms with van der Waals surface area (Å²) in [6, 6.07) is 11.1. The molecule has 0 aliphatic carbocycles. The summed E-state index contributed by atoms with van der Waals surface area (Å²) in [5.74, 6) is 0. The van der Waals surface area contributed by atoms with Gasteiger partial charge in [0.1, 0.15) is 0 Å². The summed E-state index contributed by atoms with van der Waals surface area (Å²) in [6.07, 6.45) is 6.51. The van der Waals surface area contributed by atoms with Gasteiger partial charge in [0.25, 0.3) is 0 Å². The molecule has 0 saturated heterocycles. The lowest BCUT2D eigenvalue weighted by Crippen LogP contribution is -2.28. The molecule has 2 aromatic rings. The molecule has 2 N–H and O–H groups in total. The topological polar surface area (TPSA) is 74.6 Å². The second-order valence-electron chi connectivity index (χ2n) is 3.58. The van der Waals surface area contributed by atoms with E-state index in [0.717, 1.165) is 11.4 Å². The Labute approximate surface area is 121 Å². The predicted molar refractivity (Wildman–Crippen MR) is 82.5 cm³/mol. The highest BCUT2D eigenvalue weighted by Gasteiger charge is 1.90. The molecule has 6 nitrogen and oxygen atoms in total. The highest BCUT2D eigenvalue weighted by Crippen LogP contribution is 1.88. The molecular formula is C13H12N6S. The van der Waals surface area contributed by atoms with E-state index in [1.54, 1.807) is 24.8 Å². The minimum absolute atomic E-state index is 0.282. The van der Waals surface area contributed by atoms with Crippen LogP contribution in [0.4, 0.5) is 0 Å². The molecule has 100 valence electrons. The Hall–Kier alpha value is -2.67. The van der Waals surface area contributed by atoms with E-state index < -0.39 is 0 Å². The van der Waals surface area contributed by atoms with Gasteiger partial charge in [0.05, 0.1) is 23.8 Å². The molecule has 7 heteroatoms. The van der Waals surface area contributed by atoms with Gasteiger partial charge in [-0.05, 0) is 36.5 Å². The van der Waals surface area contributed by atoms with Crippen LogP contribution in [0.1, 0.15) is 11.4 Å². The van der Waals surface area contributed by atoms with E-state index >= 15 is 0 Å². The van der Waals surface area contributed by atoms with Crippen molar-refractivity contribution in [2.24, 2.45) is 10.2 Å². The molecule has 0 radical (unpaired) electrons. The van der Waals surface area contributed by atoms with Crippen molar-refractivity contribution in [1.82, 2.24) is 20.8 Å². The third-order valence-electron chi connectivity index (χ3n) is 2.10. The smallest absolute Gasteiger partial charge is 0.207 e. The number of aromatic nitrogens is 2. The van der Waals surface area contributed by atoms with Crippen molar-refractivity contribution in [2.45, 2.75) is 0 Å². The van der Waals surface area contributed by atoms with Crippen molar-refractivity contribution < 1.29 is 0 Å². The zero-order valence-electron chi connectivity index (χ0n) is 10.5. The van der Waals surface area contributed by atoms with Gasteiger partial charge in [0.2, 0.25) is 5.11 Å². The first-order valence-electron chi connectivity index (χ1n) is 5.79. The van der Waals surface area contributed by atoms with Crippen LogP contribution in [-0.2, 0) is 0 Å². The van der Waals surface area contributed by atoms with Gasteiger partial charge in [0, 0.05) is 12.4 Å². The third kappa shape index (κ3) is 4.91. The zero-order chi connectivity index (χ0) is 14.0. The number of thiocarbonyl (C=S) groups is 1. The SMILES string of the molecule is S=C(N/N=C\c1ccccn1)N/N=C\c1ccccn1. The van der Waals surface area contributed by atoms with Gasteiger partial charge in [-0.2, -0.15) is 10.2 Å². The Bertz CT molecular complexity index is 543. The molecule has 0 aromatic carbocycles. The molecule has 0 unspecified atom stereocenters. The van der Waals surface area contributed by atoms with Crippen LogP contribution in [0.15, 0.2) is 59.0 Å². The standard InChI is InChI=1S/C13H12N6S/c20-13(18-16-9-11-5-1-3-7-14-11)19-17-10-12-6-2-4-8-15-12/h1-10H,(H2,18,19,20)/b16-9-,17-10-. The Kier molecular flexibility index (Phi) is 5.29. The average Bonchev–Trinajstić information content (AvgIpc) is 2.49. The summed E-state index contributed by atoms with van der Waals surface area (Å²) >= 11 is 4.99. The second-order valence-corrected chi connectivity index (χ2v) is 3.99. The highest BCUT2D eigenvalue weighted by molar-refractivity contribution is 7.80. The fourth-order valence-electron chi connectivity index (χ4n) is 1.24. The van der Waals surface area contributed by atoms with Crippen LogP contribution in [0, 0.1) is 0 Å². The molecule has 20 heavy (non-hydrogen) atoms. The molecular weight excluding hydrogens is 272 g/mol. The van der Waals surface area contributed by atoms with E-state index in [1.165, 1.54) is 0 Å². The molecule has 0 fully saturated rings. The first-order chi connectivity index (χ1) is 9.84. The number of rotatable bonds is 4. The van der Waals surface area contributed by atoms with Gasteiger partial charge in [-0.25, -0.2) is 0 Å². The summed E-state index contributed by atoms with van der Waals surface area (Å²) in [7, 11) is 0. The van der Waals surface area contributed by atoms with Gasteiger partial charge < -0.3 is 0 Å². The molecule has 0 saturated carbocycles. The van der Waals surface area contributed by atoms with Crippen molar-refractivity contribution >= 4 is 29.8 Å². The van der Waals surface area contributed by atoms with Gasteiger partial charge in [-0.1, -0.05) is 12.1 Å². The average molecular weight is 284 g/mol. The van der Waals surface area contributed by atoms with Crippen LogP contribution in [-0.4, -0.2) is 27.5 Å². The van der Waals surface area contributed by atoms with Crippen LogP contribution in [0.25, 0.3) is 0 Å². The lowest BCUT2D eigenvalue weighted by molar-refractivity contribution is 0.933. The number of nitrogens with zero attached hydrogens (tertiary/aromatic N) is 4. The summed E-state index contributed by atoms with van der Waals surface area (Å²) in [5, 5.41) is 8.15. The Morgan fingerprint density at radius 2 is 1.40 bits per heavy atom. The minimum Gasteiger partial charge on any atom is -0.255 e. The number of nitrogens with one attached hydrogen (secondary N) is 2. The number of hydrazone groups is 2. The molecule has 0 aliphatic heterocycles. The van der Waals surface area contributed by atoms with E-state index in [-0.39, 0.29) is 5.11 Å². The van der Waals surface area contributed by atoms with E-state index in [4.69, 9.17) is 12.2 Å². The maximum absolute atomic E-state index is 4.99. The number of hydrogen-bond donors (Lipinski definition) is 2. The number of pyridine rings is 2. The molecule has 0 amide bonds. The van der Waals surface area contributed by atoms with E-state index in [9.17, 15) is 0 Å². The van der Waals surface area contributed by atoms with E-state index in [1.807, 2.05) is 36.4 Å². The monoisotopic (exact) mass is 284 g/mol. The van der Waals surface area contributed by atoms with Crippen LogP contribution >= 0.6 is 12.2 Å². The molecule has 0 aliphatic rings. The molecule has 0 spiro atoms. The Balaban J connectivity index is 1.76. The van der Waals surface area contributed by atoms with Crippen molar-refractivity contribution in [2.75, 3.05) is 0 Å². The van der Waals surface area contributed by atoms with Gasteiger partial charge in [0.15, 0.2) is 0 Å². The molecule has 2 rings (SSSR count). The summed E-state index contributed by atoms with van der Waals surface area (Å²) in [5.41, 5.74) is 6.74. The minimum atomic E-state index is 0.282. The summed E-state index contributed by atoms with van der Waals surface area (Å²) < 4.78 is 0. The lowest BCUT2D eigenvalue weighted by Gasteiger charge is -2.00. The Morgan fingerprint density at radius 1 is 0.900 bits per heavy atom. The van der Waals surface area contributed by atoms with E-state index in [0.29, 0.717) is 0 Å². The lowest BCUT2D eigenvalue weighted by atomic mass is 10.4. The van der Waals surface area contributed by atoms with Crippen LogP contribution < -0.4 is 10.9 Å². The maximum atomic E-state index is 4.99. The molecule has 2 aromatic heterocycles. The third-order valence-corrected chi connectivity index (χ3v) is 2.28. The highest BCUT2D eigenvalue weighted by atomic mass is 32.1. The largest absolute Gasteiger partial charge is 0.255 e. The first-order valence-corrected chi connectivity index (χ1v) is 6.19. The van der Waals surface area contributed by atoms with Crippen LogP contribution in [0.2, 0.25) is 0 Å². The van der Waals surface area contributed by atoms with Crippen LogP contribution in [0.5, 0.6) is 0 Å². The predicted octanol–water partition coefficient (Wildman–Crippen LogP) is 1.31. The van der Waals surface area contributed by atoms with E-state index in [2.05, 4.69) is 31.0 Å². The molecule has 0 bridgehead atoms. The zero-order valence-corrected chi connectivity index (χ0v) is 11.3. The second kappa shape index (κ2) is 7.70. The van der Waals surface area contributed by atoms with Gasteiger partial charge in [-0.3, -0.25) is 20.8 Å². The first kappa shape index (κ1) is 13.8. The molecule has 2 heterocycles. The molecule has 0 atom stereocenters. The summed E-state index contributed by atoms with van der Waals surface area (Å²) in [4.78, 5) is 8.17. The maximum Gasteiger partial charge on any atom is 0.207 e. The van der Waals surface area contributed by atoms with Crippen molar-refractivity contribution in [3.05, 3.63) is 60.2 Å². The van der Waals surface area contributed by atoms with Gasteiger partial charge >= 0.3 is 0 Å².